The molecule has 1 aromatic heterocycles. The van der Waals surface area contributed by atoms with Gasteiger partial charge in [-0.05, 0) is 47.5 Å². The number of nitrogens with two attached hydrogens (primary N) is 1. The molecule has 1 atom stereocenters. The number of hydrogen-bond donors (Lipinski definition) is 2. The summed E-state index contributed by atoms with van der Waals surface area (Å²) in [5.41, 5.74) is 4.63. The van der Waals surface area contributed by atoms with Crippen LogP contribution in [0.2, 0.25) is 5.02 Å². The number of hydrazine groups is 1. The Balaban J connectivity index is 2.55. The summed E-state index contributed by atoms with van der Waals surface area (Å²) in [4.78, 5) is 0. The van der Waals surface area contributed by atoms with Crippen molar-refractivity contribution >= 4 is 27.5 Å². The van der Waals surface area contributed by atoms with Crippen molar-refractivity contribution in [2.75, 3.05) is 7.11 Å². The van der Waals surface area contributed by atoms with Gasteiger partial charge in [0.25, 0.3) is 0 Å². The molecule has 0 aliphatic heterocycles. The van der Waals surface area contributed by atoms with Gasteiger partial charge < -0.3 is 4.74 Å². The zero-order chi connectivity index (χ0) is 15.6. The number of hydrogen-bond acceptors (Lipinski definition) is 4. The first-order valence-corrected chi connectivity index (χ1v) is 7.69. The lowest BCUT2D eigenvalue weighted by molar-refractivity contribution is 0.394. The highest BCUT2D eigenvalue weighted by atomic mass is 79.9. The van der Waals surface area contributed by atoms with Crippen molar-refractivity contribution in [3.63, 3.8) is 0 Å². The first kappa shape index (κ1) is 16.3. The minimum Gasteiger partial charge on any atom is -0.493 e. The second-order valence-electron chi connectivity index (χ2n) is 4.91. The molecule has 1 aromatic carbocycles. The number of ether oxygens (including phenoxy) is 1. The molecule has 5 nitrogen and oxygen atoms in total. The number of rotatable bonds is 5. The molecule has 0 aliphatic rings. The van der Waals surface area contributed by atoms with Crippen LogP contribution in [-0.2, 0) is 0 Å². The Morgan fingerprint density at radius 2 is 2.14 bits per heavy atom. The normalized spacial score (nSPS) is 12.7. The lowest BCUT2D eigenvalue weighted by atomic mass is 10.0. The second-order valence-corrected chi connectivity index (χ2v) is 6.17. The van der Waals surface area contributed by atoms with E-state index < -0.39 is 0 Å². The molecular weight excluding hydrogens is 356 g/mol. The fraction of sp³-hybridized carbons (Fsp3) is 0.357. The third-order valence-corrected chi connectivity index (χ3v) is 4.46. The molecule has 1 unspecified atom stereocenters. The molecule has 0 saturated heterocycles. The largest absolute Gasteiger partial charge is 0.493 e. The van der Waals surface area contributed by atoms with Gasteiger partial charge in [0.05, 0.1) is 24.4 Å². The van der Waals surface area contributed by atoms with E-state index >= 15 is 0 Å². The molecule has 0 radical (unpaired) electrons. The Bertz CT molecular complexity index is 629. The van der Waals surface area contributed by atoms with Crippen LogP contribution in [0.3, 0.4) is 0 Å². The zero-order valence-corrected chi connectivity index (χ0v) is 14.4. The van der Waals surface area contributed by atoms with E-state index in [4.69, 9.17) is 22.2 Å². The van der Waals surface area contributed by atoms with Crippen LogP contribution < -0.4 is 16.0 Å². The molecule has 0 aliphatic carbocycles. The van der Waals surface area contributed by atoms with Crippen molar-refractivity contribution in [1.29, 1.82) is 0 Å². The predicted octanol–water partition coefficient (Wildman–Crippen LogP) is 3.44. The number of halogens is 2. The van der Waals surface area contributed by atoms with Crippen LogP contribution in [0.5, 0.6) is 5.75 Å². The van der Waals surface area contributed by atoms with E-state index in [-0.39, 0.29) is 12.1 Å². The van der Waals surface area contributed by atoms with Crippen LogP contribution in [0.25, 0.3) is 0 Å². The van der Waals surface area contributed by atoms with Crippen molar-refractivity contribution in [2.45, 2.75) is 25.9 Å². The zero-order valence-electron chi connectivity index (χ0n) is 12.1. The standard InChI is InChI=1S/C14H18BrClN4O/c1-8(2)20-14(12(21-3)7-18-20)13(19-17)9-4-5-10(15)11(16)6-9/h4-8,13,19H,17H2,1-3H3. The Labute approximate surface area is 137 Å². The topological polar surface area (TPSA) is 65.1 Å². The van der Waals surface area contributed by atoms with Gasteiger partial charge in [0, 0.05) is 10.5 Å². The van der Waals surface area contributed by atoms with Crippen molar-refractivity contribution in [3.05, 3.63) is 45.1 Å². The Hall–Kier alpha value is -1.08. The van der Waals surface area contributed by atoms with Gasteiger partial charge in [0.2, 0.25) is 0 Å². The minimum absolute atomic E-state index is 0.186. The SMILES string of the molecule is COc1cnn(C(C)C)c1C(NN)c1ccc(Br)c(Cl)c1. The first-order chi connectivity index (χ1) is 9.99. The van der Waals surface area contributed by atoms with Crippen molar-refractivity contribution < 1.29 is 4.74 Å². The van der Waals surface area contributed by atoms with Crippen molar-refractivity contribution in [1.82, 2.24) is 15.2 Å². The van der Waals surface area contributed by atoms with Crippen LogP contribution in [0.15, 0.2) is 28.9 Å². The average Bonchev–Trinajstić information content (AvgIpc) is 2.87. The molecule has 7 heteroatoms. The molecular formula is C14H18BrClN4O. The summed E-state index contributed by atoms with van der Waals surface area (Å²) in [5, 5.41) is 5.00. The molecule has 114 valence electrons. The number of benzene rings is 1. The van der Waals surface area contributed by atoms with Crippen LogP contribution >= 0.6 is 27.5 Å². The fourth-order valence-electron chi connectivity index (χ4n) is 2.22. The fourth-order valence-corrected chi connectivity index (χ4v) is 2.66. The maximum atomic E-state index is 6.18. The molecule has 0 saturated carbocycles. The van der Waals surface area contributed by atoms with E-state index in [0.717, 1.165) is 15.7 Å². The monoisotopic (exact) mass is 372 g/mol. The van der Waals surface area contributed by atoms with E-state index in [1.54, 1.807) is 13.3 Å². The van der Waals surface area contributed by atoms with E-state index in [1.165, 1.54) is 0 Å². The molecule has 3 N–H and O–H groups in total. The number of methoxy groups -OCH3 is 1. The molecule has 2 aromatic rings. The summed E-state index contributed by atoms with van der Waals surface area (Å²) < 4.78 is 8.14. The van der Waals surface area contributed by atoms with Crippen LogP contribution in [0, 0.1) is 0 Å². The Morgan fingerprint density at radius 3 is 2.67 bits per heavy atom. The minimum atomic E-state index is -0.268. The van der Waals surface area contributed by atoms with Gasteiger partial charge in [0.1, 0.15) is 5.69 Å². The summed E-state index contributed by atoms with van der Waals surface area (Å²) in [6.45, 7) is 4.11. The maximum Gasteiger partial charge on any atom is 0.161 e. The van der Waals surface area contributed by atoms with Gasteiger partial charge in [-0.2, -0.15) is 5.10 Å². The van der Waals surface area contributed by atoms with E-state index in [2.05, 4.69) is 40.3 Å². The second kappa shape index (κ2) is 6.79. The molecule has 2 rings (SSSR count). The average molecular weight is 374 g/mol. The van der Waals surface area contributed by atoms with Gasteiger partial charge in [-0.15, -0.1) is 0 Å². The highest BCUT2D eigenvalue weighted by Gasteiger charge is 2.24. The van der Waals surface area contributed by atoms with Crippen LogP contribution in [-0.4, -0.2) is 16.9 Å². The summed E-state index contributed by atoms with van der Waals surface area (Å²) in [7, 11) is 1.62. The van der Waals surface area contributed by atoms with Gasteiger partial charge in [-0.25, -0.2) is 5.43 Å². The molecule has 0 amide bonds. The Kier molecular flexibility index (Phi) is 5.27. The van der Waals surface area contributed by atoms with Gasteiger partial charge in [-0.1, -0.05) is 17.7 Å². The van der Waals surface area contributed by atoms with Gasteiger partial charge in [-0.3, -0.25) is 10.5 Å². The molecule has 1 heterocycles. The molecule has 21 heavy (non-hydrogen) atoms. The maximum absolute atomic E-state index is 6.18. The lowest BCUT2D eigenvalue weighted by Gasteiger charge is -2.21. The number of nitrogens with zero attached hydrogens (tertiary/aromatic N) is 2. The van der Waals surface area contributed by atoms with Crippen molar-refractivity contribution in [2.24, 2.45) is 5.84 Å². The van der Waals surface area contributed by atoms with E-state index in [0.29, 0.717) is 10.8 Å². The third kappa shape index (κ3) is 3.23. The quantitative estimate of drug-likeness (QED) is 0.622. The van der Waals surface area contributed by atoms with Gasteiger partial charge in [0.15, 0.2) is 5.75 Å². The molecule has 0 bridgehead atoms. The van der Waals surface area contributed by atoms with Crippen molar-refractivity contribution in [3.8, 4) is 5.75 Å². The van der Waals surface area contributed by atoms with E-state index in [9.17, 15) is 0 Å². The summed E-state index contributed by atoms with van der Waals surface area (Å²) in [6, 6.07) is 5.64. The highest BCUT2D eigenvalue weighted by Crippen LogP contribution is 2.34. The number of aromatic nitrogens is 2. The lowest BCUT2D eigenvalue weighted by Crippen LogP contribution is -2.31. The number of nitrogens with one attached hydrogen (secondary N) is 1. The summed E-state index contributed by atoms with van der Waals surface area (Å²) in [5.74, 6) is 6.46. The summed E-state index contributed by atoms with van der Waals surface area (Å²) in [6.07, 6.45) is 1.69. The third-order valence-electron chi connectivity index (χ3n) is 3.22. The van der Waals surface area contributed by atoms with E-state index in [1.807, 2.05) is 22.9 Å². The molecule has 0 fully saturated rings. The summed E-state index contributed by atoms with van der Waals surface area (Å²) >= 11 is 9.57. The molecule has 0 spiro atoms. The van der Waals surface area contributed by atoms with Crippen LogP contribution in [0.1, 0.15) is 37.2 Å². The van der Waals surface area contributed by atoms with Crippen LogP contribution in [0.4, 0.5) is 0 Å². The Morgan fingerprint density at radius 1 is 1.43 bits per heavy atom. The predicted molar refractivity (Wildman–Crippen MR) is 87.5 cm³/mol. The first-order valence-electron chi connectivity index (χ1n) is 6.52. The smallest absolute Gasteiger partial charge is 0.161 e. The highest BCUT2D eigenvalue weighted by molar-refractivity contribution is 9.10. The van der Waals surface area contributed by atoms with Gasteiger partial charge >= 0.3 is 0 Å².